The fraction of sp³-hybridized carbons (Fsp3) is 1.00. The van der Waals surface area contributed by atoms with Gasteiger partial charge in [0.05, 0.1) is 0 Å². The summed E-state index contributed by atoms with van der Waals surface area (Å²) in [5.74, 6) is 1.84. The number of nitrogens with one attached hydrogen (secondary N) is 1. The van der Waals surface area contributed by atoms with E-state index in [4.69, 9.17) is 0 Å². The highest BCUT2D eigenvalue weighted by atomic mass is 35.5. The van der Waals surface area contributed by atoms with Crippen LogP contribution in [0, 0.1) is 17.3 Å². The molecule has 0 aliphatic carbocycles. The smallest absolute Gasteiger partial charge is 0.00481 e. The van der Waals surface area contributed by atoms with E-state index in [1.165, 1.54) is 52.0 Å². The van der Waals surface area contributed by atoms with Crippen molar-refractivity contribution in [2.24, 2.45) is 17.3 Å². The molecule has 0 aromatic carbocycles. The van der Waals surface area contributed by atoms with Gasteiger partial charge in [-0.1, -0.05) is 20.8 Å². The molecule has 0 spiro atoms. The second kappa shape index (κ2) is 6.40. The standard InChI is InChI=1S/C14H28N2.ClH/c1-12(2)8-13-4-7-16(9-13)11-14(3)5-6-15-10-14;/h12-13,15H,4-11H2,1-3H3;1H. The lowest BCUT2D eigenvalue weighted by Crippen LogP contribution is -2.36. The molecule has 2 atom stereocenters. The molecule has 0 radical (unpaired) electrons. The van der Waals surface area contributed by atoms with Crippen molar-refractivity contribution < 1.29 is 0 Å². The fourth-order valence-corrected chi connectivity index (χ4v) is 3.46. The molecule has 3 heteroatoms. The van der Waals surface area contributed by atoms with Crippen LogP contribution in [0.3, 0.4) is 0 Å². The Bertz CT molecular complexity index is 224. The number of halogens is 1. The second-order valence-electron chi connectivity index (χ2n) is 6.76. The van der Waals surface area contributed by atoms with Gasteiger partial charge in [0.2, 0.25) is 0 Å². The molecule has 2 heterocycles. The van der Waals surface area contributed by atoms with E-state index < -0.39 is 0 Å². The highest BCUT2D eigenvalue weighted by Crippen LogP contribution is 2.30. The van der Waals surface area contributed by atoms with E-state index in [-0.39, 0.29) is 12.4 Å². The number of hydrogen-bond donors (Lipinski definition) is 1. The molecule has 2 nitrogen and oxygen atoms in total. The van der Waals surface area contributed by atoms with Gasteiger partial charge in [-0.05, 0) is 49.6 Å². The fourth-order valence-electron chi connectivity index (χ4n) is 3.46. The third-order valence-electron chi connectivity index (χ3n) is 4.24. The van der Waals surface area contributed by atoms with Crippen molar-refractivity contribution in [1.82, 2.24) is 10.2 Å². The lowest BCUT2D eigenvalue weighted by molar-refractivity contribution is 0.201. The van der Waals surface area contributed by atoms with E-state index in [9.17, 15) is 0 Å². The molecule has 2 rings (SSSR count). The van der Waals surface area contributed by atoms with Gasteiger partial charge in [-0.25, -0.2) is 0 Å². The lowest BCUT2D eigenvalue weighted by Gasteiger charge is -2.29. The van der Waals surface area contributed by atoms with Crippen LogP contribution in [0.2, 0.25) is 0 Å². The van der Waals surface area contributed by atoms with Gasteiger partial charge in [-0.15, -0.1) is 12.4 Å². The maximum atomic E-state index is 3.50. The molecule has 2 aliphatic heterocycles. The predicted octanol–water partition coefficient (Wildman–Crippen LogP) is 2.78. The Hall–Kier alpha value is 0.210. The predicted molar refractivity (Wildman–Crippen MR) is 76.8 cm³/mol. The van der Waals surface area contributed by atoms with Crippen molar-refractivity contribution in [3.05, 3.63) is 0 Å². The first-order chi connectivity index (χ1) is 7.57. The Kier molecular flexibility index (Phi) is 5.75. The summed E-state index contributed by atoms with van der Waals surface area (Å²) in [5, 5.41) is 3.50. The molecule has 2 saturated heterocycles. The molecule has 0 bridgehead atoms. The quantitative estimate of drug-likeness (QED) is 0.836. The Morgan fingerprint density at radius 2 is 2.18 bits per heavy atom. The van der Waals surface area contributed by atoms with Gasteiger partial charge in [0, 0.05) is 19.6 Å². The summed E-state index contributed by atoms with van der Waals surface area (Å²) in [6, 6.07) is 0. The van der Waals surface area contributed by atoms with E-state index >= 15 is 0 Å². The van der Waals surface area contributed by atoms with Crippen molar-refractivity contribution in [2.45, 2.75) is 40.0 Å². The van der Waals surface area contributed by atoms with Crippen LogP contribution in [0.25, 0.3) is 0 Å². The summed E-state index contributed by atoms with van der Waals surface area (Å²) >= 11 is 0. The Morgan fingerprint density at radius 3 is 2.76 bits per heavy atom. The minimum Gasteiger partial charge on any atom is -0.316 e. The normalized spacial score (nSPS) is 34.2. The van der Waals surface area contributed by atoms with Crippen molar-refractivity contribution >= 4 is 12.4 Å². The molecule has 2 aliphatic rings. The van der Waals surface area contributed by atoms with Crippen molar-refractivity contribution in [2.75, 3.05) is 32.7 Å². The largest absolute Gasteiger partial charge is 0.316 e. The van der Waals surface area contributed by atoms with Crippen molar-refractivity contribution in [3.8, 4) is 0 Å². The average molecular weight is 261 g/mol. The Labute approximate surface area is 113 Å². The zero-order chi connectivity index (χ0) is 11.6. The monoisotopic (exact) mass is 260 g/mol. The second-order valence-corrected chi connectivity index (χ2v) is 6.76. The number of likely N-dealkylation sites (tertiary alicyclic amines) is 1. The summed E-state index contributed by atoms with van der Waals surface area (Å²) in [4.78, 5) is 2.71. The molecule has 2 fully saturated rings. The van der Waals surface area contributed by atoms with Crippen LogP contribution < -0.4 is 5.32 Å². The Balaban J connectivity index is 0.00000144. The molecule has 2 unspecified atom stereocenters. The summed E-state index contributed by atoms with van der Waals surface area (Å²) in [7, 11) is 0. The highest BCUT2D eigenvalue weighted by molar-refractivity contribution is 5.85. The van der Waals surface area contributed by atoms with Gasteiger partial charge >= 0.3 is 0 Å². The first-order valence-electron chi connectivity index (χ1n) is 7.00. The third kappa shape index (κ3) is 4.42. The molecule has 0 amide bonds. The van der Waals surface area contributed by atoms with Crippen LogP contribution in [-0.2, 0) is 0 Å². The Morgan fingerprint density at radius 1 is 1.41 bits per heavy atom. The maximum absolute atomic E-state index is 3.50. The summed E-state index contributed by atoms with van der Waals surface area (Å²) in [5.41, 5.74) is 0.548. The summed E-state index contributed by atoms with van der Waals surface area (Å²) in [6.07, 6.45) is 4.21. The van der Waals surface area contributed by atoms with Gasteiger partial charge in [-0.2, -0.15) is 0 Å². The van der Waals surface area contributed by atoms with Gasteiger partial charge in [0.1, 0.15) is 0 Å². The molecule has 0 aromatic heterocycles. The van der Waals surface area contributed by atoms with E-state index in [0.717, 1.165) is 11.8 Å². The zero-order valence-electron chi connectivity index (χ0n) is 11.7. The number of hydrogen-bond acceptors (Lipinski definition) is 2. The van der Waals surface area contributed by atoms with Crippen LogP contribution >= 0.6 is 12.4 Å². The molecule has 0 aromatic rings. The van der Waals surface area contributed by atoms with Gasteiger partial charge in [0.15, 0.2) is 0 Å². The average Bonchev–Trinajstić information content (AvgIpc) is 2.75. The van der Waals surface area contributed by atoms with E-state index in [0.29, 0.717) is 5.41 Å². The zero-order valence-corrected chi connectivity index (χ0v) is 12.5. The summed E-state index contributed by atoms with van der Waals surface area (Å²) in [6.45, 7) is 13.6. The number of nitrogens with zero attached hydrogens (tertiary/aromatic N) is 1. The van der Waals surface area contributed by atoms with Crippen LogP contribution in [0.1, 0.15) is 40.0 Å². The molecule has 0 saturated carbocycles. The topological polar surface area (TPSA) is 15.3 Å². The van der Waals surface area contributed by atoms with Gasteiger partial charge in [0.25, 0.3) is 0 Å². The number of rotatable bonds is 4. The van der Waals surface area contributed by atoms with E-state index in [1.807, 2.05) is 0 Å². The highest BCUT2D eigenvalue weighted by Gasteiger charge is 2.33. The molecular formula is C14H29ClN2. The van der Waals surface area contributed by atoms with Crippen LogP contribution in [-0.4, -0.2) is 37.6 Å². The van der Waals surface area contributed by atoms with E-state index in [2.05, 4.69) is 31.0 Å². The van der Waals surface area contributed by atoms with E-state index in [1.54, 1.807) is 0 Å². The van der Waals surface area contributed by atoms with Crippen LogP contribution in [0.4, 0.5) is 0 Å². The minimum atomic E-state index is 0. The first-order valence-corrected chi connectivity index (χ1v) is 7.00. The molecule has 102 valence electrons. The SMILES string of the molecule is CC(C)CC1CCN(CC2(C)CCNC2)C1.Cl. The molecule has 1 N–H and O–H groups in total. The van der Waals surface area contributed by atoms with Gasteiger partial charge < -0.3 is 10.2 Å². The summed E-state index contributed by atoms with van der Waals surface area (Å²) < 4.78 is 0. The first kappa shape index (κ1) is 15.3. The van der Waals surface area contributed by atoms with Crippen LogP contribution in [0.15, 0.2) is 0 Å². The molecular weight excluding hydrogens is 232 g/mol. The maximum Gasteiger partial charge on any atom is 0.00481 e. The van der Waals surface area contributed by atoms with Crippen LogP contribution in [0.5, 0.6) is 0 Å². The minimum absolute atomic E-state index is 0. The van der Waals surface area contributed by atoms with Crippen molar-refractivity contribution in [3.63, 3.8) is 0 Å². The lowest BCUT2D eigenvalue weighted by atomic mass is 9.89. The molecule has 17 heavy (non-hydrogen) atoms. The van der Waals surface area contributed by atoms with Crippen molar-refractivity contribution in [1.29, 1.82) is 0 Å². The third-order valence-corrected chi connectivity index (χ3v) is 4.24. The van der Waals surface area contributed by atoms with Gasteiger partial charge in [-0.3, -0.25) is 0 Å².